The fourth-order valence-electron chi connectivity index (χ4n) is 8.74. The van der Waals surface area contributed by atoms with Crippen molar-refractivity contribution < 1.29 is 0 Å². The molecule has 0 saturated heterocycles. The van der Waals surface area contributed by atoms with Crippen molar-refractivity contribution in [2.45, 2.75) is 6.92 Å². The average molecular weight is 751 g/mol. The molecule has 0 spiro atoms. The van der Waals surface area contributed by atoms with Gasteiger partial charge in [-0.05, 0) is 126 Å². The fourth-order valence-corrected chi connectivity index (χ4v) is 8.74. The van der Waals surface area contributed by atoms with Gasteiger partial charge < -0.3 is 0 Å². The second kappa shape index (κ2) is 14.4. The lowest BCUT2D eigenvalue weighted by Crippen LogP contribution is -1.97. The second-order valence-electron chi connectivity index (χ2n) is 15.5. The molecule has 10 aromatic carbocycles. The number of benzene rings is 10. The van der Waals surface area contributed by atoms with E-state index in [1.807, 2.05) is 0 Å². The number of hydrogen-bond acceptors (Lipinski definition) is 2. The van der Waals surface area contributed by atoms with Crippen molar-refractivity contribution >= 4 is 43.1 Å². The standard InChI is InChI=1S/C57H38N2/c1-37-26-28-39(29-27-37)57-58-55(43-19-13-18-40(30-43)38-14-3-2-4-15-38)36-56(59-57)46-32-44(53-34-41-16-5-7-20-47(41)49-22-9-11-24-51(49)53)31-45(33-46)54-35-42-17-6-8-21-48(42)50-23-10-12-25-52(50)54/h2-36H,1H3. The van der Waals surface area contributed by atoms with Crippen LogP contribution >= 0.6 is 0 Å². The third-order valence-electron chi connectivity index (χ3n) is 11.7. The van der Waals surface area contributed by atoms with Crippen molar-refractivity contribution in [3.8, 4) is 67.3 Å². The molecule has 0 bridgehead atoms. The van der Waals surface area contributed by atoms with Crippen molar-refractivity contribution in [3.05, 3.63) is 218 Å². The summed E-state index contributed by atoms with van der Waals surface area (Å²) in [6.07, 6.45) is 0. The minimum atomic E-state index is 0.696. The first-order valence-electron chi connectivity index (χ1n) is 20.2. The third kappa shape index (κ3) is 6.32. The molecule has 276 valence electrons. The van der Waals surface area contributed by atoms with Crippen LogP contribution in [0.3, 0.4) is 0 Å². The first-order chi connectivity index (χ1) is 29.1. The number of aryl methyl sites for hydroxylation is 1. The lowest BCUT2D eigenvalue weighted by molar-refractivity contribution is 1.18. The summed E-state index contributed by atoms with van der Waals surface area (Å²) in [6.45, 7) is 2.11. The van der Waals surface area contributed by atoms with Crippen LogP contribution in [-0.4, -0.2) is 9.97 Å². The number of hydrogen-bond donors (Lipinski definition) is 0. The fraction of sp³-hybridized carbons (Fsp3) is 0.0175. The van der Waals surface area contributed by atoms with Crippen molar-refractivity contribution in [1.82, 2.24) is 9.97 Å². The highest BCUT2D eigenvalue weighted by Crippen LogP contribution is 2.42. The lowest BCUT2D eigenvalue weighted by atomic mass is 9.88. The third-order valence-corrected chi connectivity index (χ3v) is 11.7. The van der Waals surface area contributed by atoms with Crippen LogP contribution in [-0.2, 0) is 0 Å². The largest absolute Gasteiger partial charge is 0.228 e. The predicted octanol–water partition coefficient (Wildman–Crippen LogP) is 15.4. The van der Waals surface area contributed by atoms with Gasteiger partial charge in [-0.3, -0.25) is 0 Å². The van der Waals surface area contributed by atoms with E-state index in [1.165, 1.54) is 65.3 Å². The SMILES string of the molecule is Cc1ccc(-c2nc(-c3cccc(-c4ccccc4)c3)cc(-c3cc(-c4cc5ccccc5c5ccccc45)cc(-c4cc5ccccc5c5ccccc45)c3)n2)cc1. The molecule has 2 heteroatoms. The van der Waals surface area contributed by atoms with Gasteiger partial charge in [-0.2, -0.15) is 0 Å². The molecule has 2 nitrogen and oxygen atoms in total. The summed E-state index contributed by atoms with van der Waals surface area (Å²) in [5.41, 5.74) is 13.0. The normalized spacial score (nSPS) is 11.5. The van der Waals surface area contributed by atoms with Crippen LogP contribution in [0.25, 0.3) is 110 Å². The van der Waals surface area contributed by atoms with Gasteiger partial charge in [0.05, 0.1) is 11.4 Å². The summed E-state index contributed by atoms with van der Waals surface area (Å²) in [5.74, 6) is 0.696. The van der Waals surface area contributed by atoms with E-state index in [9.17, 15) is 0 Å². The van der Waals surface area contributed by atoms with Crippen LogP contribution in [0.2, 0.25) is 0 Å². The lowest BCUT2D eigenvalue weighted by Gasteiger charge is -2.17. The molecule has 1 aromatic heterocycles. The van der Waals surface area contributed by atoms with Crippen LogP contribution in [0.1, 0.15) is 5.56 Å². The quantitative estimate of drug-likeness (QED) is 0.158. The Balaban J connectivity index is 1.20. The summed E-state index contributed by atoms with van der Waals surface area (Å²) in [4.78, 5) is 10.7. The zero-order valence-corrected chi connectivity index (χ0v) is 32.6. The van der Waals surface area contributed by atoms with Gasteiger partial charge in [-0.25, -0.2) is 9.97 Å². The maximum absolute atomic E-state index is 5.39. The molecule has 0 amide bonds. The van der Waals surface area contributed by atoms with Crippen LogP contribution in [0.15, 0.2) is 212 Å². The molecule has 0 aliphatic carbocycles. The summed E-state index contributed by atoms with van der Waals surface area (Å²) in [7, 11) is 0. The summed E-state index contributed by atoms with van der Waals surface area (Å²) >= 11 is 0. The van der Waals surface area contributed by atoms with E-state index in [-0.39, 0.29) is 0 Å². The smallest absolute Gasteiger partial charge is 0.160 e. The molecule has 1 heterocycles. The highest BCUT2D eigenvalue weighted by Gasteiger charge is 2.17. The van der Waals surface area contributed by atoms with Gasteiger partial charge in [0.1, 0.15) is 0 Å². The van der Waals surface area contributed by atoms with E-state index >= 15 is 0 Å². The zero-order chi connectivity index (χ0) is 39.3. The minimum Gasteiger partial charge on any atom is -0.228 e. The minimum absolute atomic E-state index is 0.696. The van der Waals surface area contributed by atoms with Crippen LogP contribution < -0.4 is 0 Å². The van der Waals surface area contributed by atoms with E-state index in [2.05, 4.69) is 219 Å². The summed E-state index contributed by atoms with van der Waals surface area (Å²) in [5, 5.41) is 9.87. The highest BCUT2D eigenvalue weighted by molar-refractivity contribution is 6.16. The van der Waals surface area contributed by atoms with Crippen molar-refractivity contribution in [2.75, 3.05) is 0 Å². The van der Waals surface area contributed by atoms with E-state index < -0.39 is 0 Å². The van der Waals surface area contributed by atoms with Gasteiger partial charge in [0.15, 0.2) is 5.82 Å². The van der Waals surface area contributed by atoms with Crippen LogP contribution in [0, 0.1) is 6.92 Å². The van der Waals surface area contributed by atoms with Gasteiger partial charge in [0.25, 0.3) is 0 Å². The van der Waals surface area contributed by atoms with E-state index in [0.717, 1.165) is 44.8 Å². The molecule has 0 aliphatic heterocycles. The number of nitrogens with zero attached hydrogens (tertiary/aromatic N) is 2. The molecule has 0 N–H and O–H groups in total. The zero-order valence-electron chi connectivity index (χ0n) is 32.6. The predicted molar refractivity (Wildman–Crippen MR) is 249 cm³/mol. The Morgan fingerprint density at radius 2 is 0.712 bits per heavy atom. The van der Waals surface area contributed by atoms with Gasteiger partial charge in [-0.1, -0.05) is 175 Å². The van der Waals surface area contributed by atoms with E-state index in [0.29, 0.717) is 5.82 Å². The topological polar surface area (TPSA) is 25.8 Å². The first kappa shape index (κ1) is 34.6. The molecular formula is C57H38N2. The summed E-state index contributed by atoms with van der Waals surface area (Å²) in [6, 6.07) is 76.7. The van der Waals surface area contributed by atoms with Crippen molar-refractivity contribution in [3.63, 3.8) is 0 Å². The molecule has 0 aliphatic rings. The van der Waals surface area contributed by atoms with Crippen molar-refractivity contribution in [2.24, 2.45) is 0 Å². The Hall–Kier alpha value is -7.68. The molecule has 0 atom stereocenters. The molecule has 0 unspecified atom stereocenters. The van der Waals surface area contributed by atoms with Gasteiger partial charge in [0.2, 0.25) is 0 Å². The Bertz CT molecular complexity index is 3240. The number of rotatable bonds is 6. The molecular weight excluding hydrogens is 713 g/mol. The van der Waals surface area contributed by atoms with Gasteiger partial charge in [-0.15, -0.1) is 0 Å². The molecule has 59 heavy (non-hydrogen) atoms. The average Bonchev–Trinajstić information content (AvgIpc) is 3.31. The Morgan fingerprint density at radius 1 is 0.271 bits per heavy atom. The highest BCUT2D eigenvalue weighted by atomic mass is 14.9. The van der Waals surface area contributed by atoms with Crippen LogP contribution in [0.4, 0.5) is 0 Å². The number of aromatic nitrogens is 2. The molecule has 11 aromatic rings. The van der Waals surface area contributed by atoms with Crippen molar-refractivity contribution in [1.29, 1.82) is 0 Å². The monoisotopic (exact) mass is 750 g/mol. The first-order valence-corrected chi connectivity index (χ1v) is 20.2. The van der Waals surface area contributed by atoms with E-state index in [4.69, 9.17) is 9.97 Å². The van der Waals surface area contributed by atoms with Gasteiger partial charge >= 0.3 is 0 Å². The van der Waals surface area contributed by atoms with Gasteiger partial charge in [0, 0.05) is 16.7 Å². The van der Waals surface area contributed by atoms with Crippen LogP contribution in [0.5, 0.6) is 0 Å². The Kier molecular flexibility index (Phi) is 8.41. The van der Waals surface area contributed by atoms with E-state index in [1.54, 1.807) is 0 Å². The molecule has 0 saturated carbocycles. The summed E-state index contributed by atoms with van der Waals surface area (Å²) < 4.78 is 0. The Morgan fingerprint density at radius 3 is 1.31 bits per heavy atom. The molecule has 0 radical (unpaired) electrons. The second-order valence-corrected chi connectivity index (χ2v) is 15.5. The Labute approximate surface area is 343 Å². The maximum Gasteiger partial charge on any atom is 0.160 e. The number of fused-ring (bicyclic) bond motifs is 6. The molecule has 11 rings (SSSR count). The molecule has 0 fully saturated rings. The maximum atomic E-state index is 5.39.